The van der Waals surface area contributed by atoms with E-state index in [4.69, 9.17) is 19.2 Å². The van der Waals surface area contributed by atoms with Crippen molar-refractivity contribution in [2.45, 2.75) is 0 Å². The third-order valence-corrected chi connectivity index (χ3v) is 0. The van der Waals surface area contributed by atoms with E-state index in [1.807, 2.05) is 0 Å². The van der Waals surface area contributed by atoms with Gasteiger partial charge in [0.1, 0.15) is 0 Å². The first kappa shape index (κ1) is 36.6. The number of rotatable bonds is 0. The molecule has 0 saturated carbocycles. The van der Waals surface area contributed by atoms with Gasteiger partial charge < -0.3 is 31.7 Å². The number of hydrogen-bond donors (Lipinski definition) is 0. The molecule has 0 bridgehead atoms. The second kappa shape index (κ2) is 19.0. The average molecular weight is 222 g/mol. The minimum atomic E-state index is -5.39. The zero-order valence-electron chi connectivity index (χ0n) is 6.46. The first-order valence-electron chi connectivity index (χ1n) is 0.730. The molecule has 0 spiro atoms. The topological polar surface area (TPSA) is 86.2 Å². The molecule has 0 saturated heterocycles. The Morgan fingerprint density at radius 3 is 0.800 bits per heavy atom. The molecule has 0 fully saturated rings. The molecule has 0 unspecified atom stereocenters. The molecule has 0 heterocycles. The number of hydrogen-bond acceptors (Lipinski definition) is 4. The minimum Gasteiger partial charge on any atom is -1.00 e. The molecule has 10 heavy (non-hydrogen) atoms. The van der Waals surface area contributed by atoms with Crippen LogP contribution in [0.2, 0.25) is 0 Å². The van der Waals surface area contributed by atoms with E-state index in [1.54, 1.807) is 0 Å². The van der Waals surface area contributed by atoms with Crippen molar-refractivity contribution in [3.63, 3.8) is 0 Å². The summed E-state index contributed by atoms with van der Waals surface area (Å²) < 4.78 is 8.55. The van der Waals surface area contributed by atoms with Crippen molar-refractivity contribution in [1.82, 2.24) is 0 Å². The molecule has 0 aromatic carbocycles. The summed E-state index contributed by atoms with van der Waals surface area (Å²) in [5.41, 5.74) is 0. The Hall–Kier alpha value is 4.40. The normalized spacial score (nSPS) is 5.90. The van der Waals surface area contributed by atoms with Gasteiger partial charge in [0.15, 0.2) is 0 Å². The Balaban J connectivity index is -0.00000000800. The molecule has 0 aliphatic carbocycles. The van der Waals surface area contributed by atoms with Gasteiger partial charge in [-0.15, -0.1) is 0 Å². The molecule has 0 aliphatic heterocycles. The molecule has 0 aromatic rings. The second-order valence-corrected chi connectivity index (χ2v) is 1.34. The summed E-state index contributed by atoms with van der Waals surface area (Å²) in [6.07, 6.45) is 0. The van der Waals surface area contributed by atoms with Crippen LogP contribution in [0.25, 0.3) is 0 Å². The van der Waals surface area contributed by atoms with Gasteiger partial charge in [-0.05, 0) is 0 Å². The van der Waals surface area contributed by atoms with Crippen LogP contribution in [0.5, 0.6) is 0 Å². The second-order valence-electron chi connectivity index (χ2n) is 0.447. The monoisotopic (exact) mass is 222 g/mol. The van der Waals surface area contributed by atoms with Crippen molar-refractivity contribution in [1.29, 1.82) is 0 Å². The molecule has 0 aliphatic rings. The predicted molar refractivity (Wildman–Crippen MR) is 7.61 cm³/mol. The third-order valence-electron chi connectivity index (χ3n) is 0. The Labute approximate surface area is 154 Å². The van der Waals surface area contributed by atoms with E-state index in [0.717, 1.165) is 0 Å². The van der Waals surface area contributed by atoms with Crippen LogP contribution in [0.4, 0.5) is 0 Å². The quantitative estimate of drug-likeness (QED) is 0.301. The molecule has 4 nitrogen and oxygen atoms in total. The van der Waals surface area contributed by atoms with Crippen molar-refractivity contribution in [3.05, 3.63) is 0 Å². The van der Waals surface area contributed by atoms with Crippen molar-refractivity contribution < 1.29 is 150 Å². The third kappa shape index (κ3) is 83.2. The maximum atomic E-state index is 8.55. The van der Waals surface area contributed by atoms with Crippen LogP contribution in [-0.2, 0) is 4.57 Å². The summed E-state index contributed by atoms with van der Waals surface area (Å²) in [6.45, 7) is 0. The van der Waals surface area contributed by atoms with Gasteiger partial charge in [0.25, 0.3) is 0 Å². The van der Waals surface area contributed by atoms with E-state index in [2.05, 4.69) is 0 Å². The van der Waals surface area contributed by atoms with Gasteiger partial charge in [-0.3, -0.25) is 0 Å². The number of halogens is 1. The molecule has 0 aromatic heterocycles. The first-order valence-corrected chi connectivity index (χ1v) is 2.19. The van der Waals surface area contributed by atoms with Gasteiger partial charge in [0.05, 0.1) is 0 Å². The fraction of sp³-hybridized carbons (Fsp3) is 0. The molecule has 10 heteroatoms. The summed E-state index contributed by atoms with van der Waals surface area (Å²) in [4.78, 5) is 25.6. The van der Waals surface area contributed by atoms with Gasteiger partial charge in [-0.25, -0.2) is 0 Å². The molecule has 0 amide bonds. The van der Waals surface area contributed by atoms with Gasteiger partial charge in [0.2, 0.25) is 0 Å². The maximum absolute atomic E-state index is 8.55. The Kier molecular flexibility index (Phi) is 69.8. The summed E-state index contributed by atoms with van der Waals surface area (Å²) in [7, 11) is -5.39. The molecule has 0 N–H and O–H groups in total. The molecule has 0 atom stereocenters. The maximum Gasteiger partial charge on any atom is 1.00 e. The number of phosphoric acid groups is 1. The summed E-state index contributed by atoms with van der Waals surface area (Å²) in [5, 5.41) is 0. The standard InChI is InChI=1S/ClH.4Na.H3O4P/c;;;;;1-5(2,3)4/h1H;;;;;(H3,1,2,3,4)/q;4*+1;/p-4. The molecule has 40 valence electrons. The minimum absolute atomic E-state index is 0. The summed E-state index contributed by atoms with van der Waals surface area (Å²) in [6, 6.07) is 0. The van der Waals surface area contributed by atoms with Gasteiger partial charge >= 0.3 is 118 Å². The van der Waals surface area contributed by atoms with Crippen molar-refractivity contribution in [3.8, 4) is 0 Å². The molecular formula is ClNa4O4P. The van der Waals surface area contributed by atoms with Gasteiger partial charge in [-0.1, -0.05) is 0 Å². The van der Waals surface area contributed by atoms with E-state index < -0.39 is 7.82 Å². The van der Waals surface area contributed by atoms with E-state index in [1.165, 1.54) is 0 Å². The van der Waals surface area contributed by atoms with E-state index >= 15 is 0 Å². The van der Waals surface area contributed by atoms with Gasteiger partial charge in [-0.2, -0.15) is 7.82 Å². The van der Waals surface area contributed by atoms with E-state index in [0.29, 0.717) is 0 Å². The van der Waals surface area contributed by atoms with Crippen molar-refractivity contribution in [2.75, 3.05) is 0 Å². The molecule has 0 radical (unpaired) electrons. The Morgan fingerprint density at radius 2 is 0.800 bits per heavy atom. The first-order chi connectivity index (χ1) is 2.00. The van der Waals surface area contributed by atoms with Crippen LogP contribution >= 0.6 is 7.82 Å². The van der Waals surface area contributed by atoms with Crippen molar-refractivity contribution in [2.24, 2.45) is 0 Å². The molecular weight excluding hydrogens is 222 g/mol. The summed E-state index contributed by atoms with van der Waals surface area (Å²) >= 11 is 0. The van der Waals surface area contributed by atoms with Crippen LogP contribution < -0.4 is 145 Å². The van der Waals surface area contributed by atoms with Crippen LogP contribution in [0.3, 0.4) is 0 Å². The molecule has 0 rings (SSSR count). The fourth-order valence-corrected chi connectivity index (χ4v) is 0. The zero-order valence-corrected chi connectivity index (χ0v) is 16.1. The van der Waals surface area contributed by atoms with E-state index in [-0.39, 0.29) is 131 Å². The average Bonchev–Trinajstić information content (AvgIpc) is 0.722. The summed E-state index contributed by atoms with van der Waals surface area (Å²) in [5.74, 6) is 0. The van der Waals surface area contributed by atoms with Crippen LogP contribution in [0, 0.1) is 0 Å². The smallest absolute Gasteiger partial charge is 1.00 e. The van der Waals surface area contributed by atoms with Crippen LogP contribution in [0.1, 0.15) is 0 Å². The fourth-order valence-electron chi connectivity index (χ4n) is 0. The van der Waals surface area contributed by atoms with E-state index in [9.17, 15) is 0 Å². The SMILES string of the molecule is O=P([O-])([O-])[O-].[Cl-].[Na+].[Na+].[Na+].[Na+]. The van der Waals surface area contributed by atoms with Crippen LogP contribution in [0.15, 0.2) is 0 Å². The predicted octanol–water partition coefficient (Wildman–Crippen LogP) is -17.8. The van der Waals surface area contributed by atoms with Crippen LogP contribution in [-0.4, -0.2) is 0 Å². The van der Waals surface area contributed by atoms with Gasteiger partial charge in [0, 0.05) is 0 Å². The largest absolute Gasteiger partial charge is 1.00 e. The van der Waals surface area contributed by atoms with Crippen molar-refractivity contribution >= 4 is 7.82 Å². The Morgan fingerprint density at radius 1 is 0.800 bits per heavy atom. The Bertz CT molecular complexity index is 63.4. The zero-order chi connectivity index (χ0) is 4.50.